The number of hydrogen-bond donors (Lipinski definition) is 2. The maximum atomic E-state index is 11.9. The Morgan fingerprint density at radius 3 is 2.83 bits per heavy atom. The number of carbonyl (C=O) groups excluding carboxylic acids is 1. The van der Waals surface area contributed by atoms with Gasteiger partial charge in [-0.05, 0) is 11.6 Å². The molecule has 1 aromatic rings. The zero-order chi connectivity index (χ0) is 13.2. The van der Waals surface area contributed by atoms with Crippen molar-refractivity contribution < 1.29 is 13.2 Å². The van der Waals surface area contributed by atoms with Gasteiger partial charge in [0.05, 0.1) is 10.6 Å². The first-order chi connectivity index (χ1) is 8.54. The van der Waals surface area contributed by atoms with Gasteiger partial charge in [0, 0.05) is 26.1 Å². The van der Waals surface area contributed by atoms with Crippen molar-refractivity contribution in [2.24, 2.45) is 0 Å². The summed E-state index contributed by atoms with van der Waals surface area (Å²) in [5, 5.41) is 5.65. The second-order valence-electron chi connectivity index (χ2n) is 4.25. The third kappa shape index (κ3) is 2.54. The van der Waals surface area contributed by atoms with Crippen LogP contribution >= 0.6 is 0 Å². The number of sulfone groups is 1. The Morgan fingerprint density at radius 2 is 2.11 bits per heavy atom. The molecule has 0 aromatic heterocycles. The van der Waals surface area contributed by atoms with Crippen molar-refractivity contribution in [2.45, 2.75) is 17.4 Å². The van der Waals surface area contributed by atoms with Gasteiger partial charge in [0.2, 0.25) is 5.91 Å². The van der Waals surface area contributed by atoms with Gasteiger partial charge in [-0.15, -0.1) is 0 Å². The molecule has 18 heavy (non-hydrogen) atoms. The number of fused-ring (bicyclic) bond motifs is 1. The fraction of sp³-hybridized carbons (Fsp3) is 0.417. The molecular formula is C12H16N2O3S. The summed E-state index contributed by atoms with van der Waals surface area (Å²) in [6.07, 6.45) is 0.342. The highest BCUT2D eigenvalue weighted by molar-refractivity contribution is 7.91. The van der Waals surface area contributed by atoms with Crippen LogP contribution in [0.3, 0.4) is 0 Å². The van der Waals surface area contributed by atoms with Crippen LogP contribution in [0, 0.1) is 0 Å². The SMILES string of the molecule is CNC(=O)CCNC1CS(=O)(=O)c2ccccc21. The zero-order valence-electron chi connectivity index (χ0n) is 10.1. The molecule has 1 atom stereocenters. The van der Waals surface area contributed by atoms with Crippen LogP contribution in [-0.2, 0) is 14.6 Å². The summed E-state index contributed by atoms with van der Waals surface area (Å²) in [5.41, 5.74) is 0.800. The molecule has 1 heterocycles. The Hall–Kier alpha value is -1.40. The van der Waals surface area contributed by atoms with E-state index in [2.05, 4.69) is 10.6 Å². The van der Waals surface area contributed by atoms with Gasteiger partial charge in [0.1, 0.15) is 0 Å². The second-order valence-corrected chi connectivity index (χ2v) is 6.25. The summed E-state index contributed by atoms with van der Waals surface area (Å²) in [4.78, 5) is 11.5. The molecule has 0 saturated carbocycles. The quantitative estimate of drug-likeness (QED) is 0.820. The van der Waals surface area contributed by atoms with Crippen molar-refractivity contribution in [3.63, 3.8) is 0 Å². The topological polar surface area (TPSA) is 75.3 Å². The molecule has 2 rings (SSSR count). The molecule has 6 heteroatoms. The molecule has 1 aromatic carbocycles. The molecule has 0 fully saturated rings. The third-order valence-electron chi connectivity index (χ3n) is 3.04. The van der Waals surface area contributed by atoms with E-state index in [1.165, 1.54) is 0 Å². The van der Waals surface area contributed by atoms with Crippen molar-refractivity contribution in [1.29, 1.82) is 0 Å². The minimum atomic E-state index is -3.17. The molecule has 1 amide bonds. The van der Waals surface area contributed by atoms with Gasteiger partial charge in [-0.25, -0.2) is 8.42 Å². The summed E-state index contributed by atoms with van der Waals surface area (Å²) in [7, 11) is -1.59. The molecular weight excluding hydrogens is 252 g/mol. The first kappa shape index (κ1) is 13.0. The van der Waals surface area contributed by atoms with Crippen LogP contribution in [0.1, 0.15) is 18.0 Å². The van der Waals surface area contributed by atoms with E-state index >= 15 is 0 Å². The van der Waals surface area contributed by atoms with E-state index in [0.29, 0.717) is 17.9 Å². The van der Waals surface area contributed by atoms with Crippen LogP contribution < -0.4 is 10.6 Å². The van der Waals surface area contributed by atoms with Gasteiger partial charge >= 0.3 is 0 Å². The van der Waals surface area contributed by atoms with Crippen LogP contribution in [0.15, 0.2) is 29.2 Å². The Bertz CT molecular complexity index is 554. The summed E-state index contributed by atoms with van der Waals surface area (Å²) >= 11 is 0. The Labute approximate surface area is 107 Å². The van der Waals surface area contributed by atoms with Gasteiger partial charge < -0.3 is 10.6 Å². The van der Waals surface area contributed by atoms with Crippen molar-refractivity contribution in [3.05, 3.63) is 29.8 Å². The molecule has 1 aliphatic heterocycles. The average Bonchev–Trinajstić information content (AvgIpc) is 2.62. The van der Waals surface area contributed by atoms with Crippen LogP contribution in [0.25, 0.3) is 0 Å². The molecule has 1 aliphatic rings. The summed E-state index contributed by atoms with van der Waals surface area (Å²) in [6.45, 7) is 0.466. The highest BCUT2D eigenvalue weighted by atomic mass is 32.2. The fourth-order valence-corrected chi connectivity index (χ4v) is 3.88. The maximum Gasteiger partial charge on any atom is 0.221 e. The number of amides is 1. The largest absolute Gasteiger partial charge is 0.359 e. The lowest BCUT2D eigenvalue weighted by atomic mass is 10.1. The molecule has 1 unspecified atom stereocenters. The number of carbonyl (C=O) groups is 1. The number of nitrogens with one attached hydrogen (secondary N) is 2. The van der Waals surface area contributed by atoms with E-state index in [9.17, 15) is 13.2 Å². The number of benzene rings is 1. The first-order valence-electron chi connectivity index (χ1n) is 5.80. The Kier molecular flexibility index (Phi) is 3.68. The normalized spacial score (nSPS) is 20.4. The van der Waals surface area contributed by atoms with Crippen molar-refractivity contribution in [3.8, 4) is 0 Å². The van der Waals surface area contributed by atoms with Crippen molar-refractivity contribution in [2.75, 3.05) is 19.3 Å². The molecule has 0 saturated heterocycles. The lowest BCUT2D eigenvalue weighted by Gasteiger charge is -2.11. The highest BCUT2D eigenvalue weighted by Gasteiger charge is 2.33. The van der Waals surface area contributed by atoms with E-state index in [1.807, 2.05) is 12.1 Å². The highest BCUT2D eigenvalue weighted by Crippen LogP contribution is 2.32. The van der Waals surface area contributed by atoms with E-state index in [-0.39, 0.29) is 17.7 Å². The Morgan fingerprint density at radius 1 is 1.39 bits per heavy atom. The second kappa shape index (κ2) is 5.07. The summed E-state index contributed by atoms with van der Waals surface area (Å²) in [6, 6.07) is 6.79. The predicted molar refractivity (Wildman–Crippen MR) is 67.9 cm³/mol. The first-order valence-corrected chi connectivity index (χ1v) is 7.45. The maximum absolute atomic E-state index is 11.9. The zero-order valence-corrected chi connectivity index (χ0v) is 11.0. The standard InChI is InChI=1S/C12H16N2O3S/c1-13-12(15)6-7-14-10-8-18(16,17)11-5-3-2-4-9(10)11/h2-5,10,14H,6-8H2,1H3,(H,13,15). The molecule has 0 aliphatic carbocycles. The van der Waals surface area contributed by atoms with Crippen molar-refractivity contribution in [1.82, 2.24) is 10.6 Å². The van der Waals surface area contributed by atoms with Crippen LogP contribution in [0.4, 0.5) is 0 Å². The van der Waals surface area contributed by atoms with E-state index in [1.54, 1.807) is 19.2 Å². The van der Waals surface area contributed by atoms with Gasteiger partial charge in [-0.1, -0.05) is 18.2 Å². The number of hydrogen-bond acceptors (Lipinski definition) is 4. The van der Waals surface area contributed by atoms with Crippen molar-refractivity contribution >= 4 is 15.7 Å². The lowest BCUT2D eigenvalue weighted by Crippen LogP contribution is -2.28. The monoisotopic (exact) mass is 268 g/mol. The molecule has 0 spiro atoms. The van der Waals surface area contributed by atoms with Crippen LogP contribution in [0.2, 0.25) is 0 Å². The number of rotatable bonds is 4. The minimum absolute atomic E-state index is 0.0587. The van der Waals surface area contributed by atoms with Crippen LogP contribution in [-0.4, -0.2) is 33.7 Å². The summed E-state index contributed by atoms with van der Waals surface area (Å²) in [5.74, 6) is 0.0109. The van der Waals surface area contributed by atoms with E-state index in [0.717, 1.165) is 5.56 Å². The predicted octanol–water partition coefficient (Wildman–Crippen LogP) is 0.241. The third-order valence-corrected chi connectivity index (χ3v) is 4.85. The van der Waals surface area contributed by atoms with Gasteiger partial charge in [-0.2, -0.15) is 0 Å². The van der Waals surface area contributed by atoms with E-state index < -0.39 is 9.84 Å². The Balaban J connectivity index is 2.07. The van der Waals surface area contributed by atoms with Gasteiger partial charge in [0.15, 0.2) is 9.84 Å². The molecule has 0 radical (unpaired) electrons. The molecule has 0 bridgehead atoms. The molecule has 2 N–H and O–H groups in total. The summed E-state index contributed by atoms with van der Waals surface area (Å²) < 4.78 is 23.8. The van der Waals surface area contributed by atoms with Crippen LogP contribution in [0.5, 0.6) is 0 Å². The van der Waals surface area contributed by atoms with E-state index in [4.69, 9.17) is 0 Å². The van der Waals surface area contributed by atoms with Gasteiger partial charge in [0.25, 0.3) is 0 Å². The average molecular weight is 268 g/mol. The smallest absolute Gasteiger partial charge is 0.221 e. The fourth-order valence-electron chi connectivity index (χ4n) is 2.10. The minimum Gasteiger partial charge on any atom is -0.359 e. The molecule has 5 nitrogen and oxygen atoms in total. The lowest BCUT2D eigenvalue weighted by molar-refractivity contribution is -0.120. The van der Waals surface area contributed by atoms with Gasteiger partial charge in [-0.3, -0.25) is 4.79 Å². The molecule has 98 valence electrons.